The van der Waals surface area contributed by atoms with Crippen LogP contribution in [0.3, 0.4) is 0 Å². The maximum atomic E-state index is 13.8. The monoisotopic (exact) mass is 613 g/mol. The maximum Gasteiger partial charge on any atom is 0.255 e. The molecule has 1 amide bonds. The molecular weight excluding hydrogens is 578 g/mol. The SMILES string of the molecule is CCCCCOc1c(Br)cc(C2C(C(=O)Nc3cccc(C)c3)=C(C)Nc3nc(SCC)nn32)cc1OCC. The number of carbonyl (C=O) groups is 1. The molecule has 39 heavy (non-hydrogen) atoms. The maximum absolute atomic E-state index is 13.8. The molecule has 0 bridgehead atoms. The van der Waals surface area contributed by atoms with E-state index < -0.39 is 6.04 Å². The zero-order valence-electron chi connectivity index (χ0n) is 23.1. The van der Waals surface area contributed by atoms with Gasteiger partial charge in [0.1, 0.15) is 6.04 Å². The molecule has 2 heterocycles. The normalized spacial score (nSPS) is 14.6. The first kappa shape index (κ1) is 29.0. The zero-order valence-corrected chi connectivity index (χ0v) is 25.5. The highest BCUT2D eigenvalue weighted by molar-refractivity contribution is 9.10. The fraction of sp³-hybridized carbons (Fsp3) is 0.414. The van der Waals surface area contributed by atoms with Crippen LogP contribution in [-0.2, 0) is 4.79 Å². The van der Waals surface area contributed by atoms with Gasteiger partial charge in [-0.3, -0.25) is 4.79 Å². The summed E-state index contributed by atoms with van der Waals surface area (Å²) in [6, 6.07) is 11.2. The quantitative estimate of drug-likeness (QED) is 0.163. The Labute approximate surface area is 243 Å². The van der Waals surface area contributed by atoms with Crippen molar-refractivity contribution < 1.29 is 14.3 Å². The minimum atomic E-state index is -0.533. The molecule has 1 unspecified atom stereocenters. The molecule has 208 valence electrons. The summed E-state index contributed by atoms with van der Waals surface area (Å²) in [5, 5.41) is 11.8. The van der Waals surface area contributed by atoms with E-state index in [1.807, 2.05) is 57.2 Å². The number of unbranched alkanes of at least 4 members (excludes halogenated alkanes) is 2. The van der Waals surface area contributed by atoms with E-state index >= 15 is 0 Å². The Bertz CT molecular complexity index is 1360. The van der Waals surface area contributed by atoms with Gasteiger partial charge in [0, 0.05) is 11.4 Å². The van der Waals surface area contributed by atoms with Crippen molar-refractivity contribution in [1.29, 1.82) is 0 Å². The predicted octanol–water partition coefficient (Wildman–Crippen LogP) is 7.36. The number of amides is 1. The number of nitrogens with one attached hydrogen (secondary N) is 2. The van der Waals surface area contributed by atoms with Crippen molar-refractivity contribution in [2.24, 2.45) is 0 Å². The minimum absolute atomic E-state index is 0.213. The van der Waals surface area contributed by atoms with E-state index in [0.29, 0.717) is 47.1 Å². The Morgan fingerprint density at radius 2 is 1.97 bits per heavy atom. The van der Waals surface area contributed by atoms with Crippen molar-refractivity contribution >= 4 is 45.2 Å². The van der Waals surface area contributed by atoms with Crippen molar-refractivity contribution in [3.8, 4) is 11.5 Å². The number of fused-ring (bicyclic) bond motifs is 1. The predicted molar refractivity (Wildman–Crippen MR) is 161 cm³/mol. The summed E-state index contributed by atoms with van der Waals surface area (Å²) in [5.41, 5.74) is 3.90. The fourth-order valence-electron chi connectivity index (χ4n) is 4.52. The third-order valence-corrected chi connectivity index (χ3v) is 7.58. The van der Waals surface area contributed by atoms with Crippen molar-refractivity contribution in [3.05, 3.63) is 63.3 Å². The second-order valence-electron chi connectivity index (χ2n) is 9.30. The summed E-state index contributed by atoms with van der Waals surface area (Å²) in [6.45, 7) is 11.2. The Balaban J connectivity index is 1.79. The molecule has 4 rings (SSSR count). The molecule has 0 aliphatic carbocycles. The van der Waals surface area contributed by atoms with Gasteiger partial charge in [0.05, 0.1) is 23.3 Å². The number of rotatable bonds is 12. The number of carbonyl (C=O) groups excluding carboxylic acids is 1. The van der Waals surface area contributed by atoms with Crippen molar-refractivity contribution in [1.82, 2.24) is 14.8 Å². The largest absolute Gasteiger partial charge is 0.490 e. The summed E-state index contributed by atoms with van der Waals surface area (Å²) >= 11 is 5.28. The molecule has 2 aromatic carbocycles. The Hall–Kier alpha value is -2.98. The highest BCUT2D eigenvalue weighted by Crippen LogP contribution is 2.43. The second kappa shape index (κ2) is 13.4. The lowest BCUT2D eigenvalue weighted by molar-refractivity contribution is -0.113. The highest BCUT2D eigenvalue weighted by Gasteiger charge is 2.35. The number of allylic oxidation sites excluding steroid dienone is 1. The number of thioether (sulfide) groups is 1. The van der Waals surface area contributed by atoms with E-state index in [9.17, 15) is 4.79 Å². The lowest BCUT2D eigenvalue weighted by Gasteiger charge is -2.29. The van der Waals surface area contributed by atoms with Crippen LogP contribution in [0.5, 0.6) is 11.5 Å². The number of hydrogen-bond acceptors (Lipinski definition) is 7. The first-order valence-electron chi connectivity index (χ1n) is 13.4. The topological polar surface area (TPSA) is 90.3 Å². The molecule has 3 aromatic rings. The van der Waals surface area contributed by atoms with Gasteiger partial charge in [-0.25, -0.2) is 4.68 Å². The number of ether oxygens (including phenoxy) is 2. The molecule has 1 aromatic heterocycles. The van der Waals surface area contributed by atoms with Crippen LogP contribution in [0.15, 0.2) is 57.3 Å². The van der Waals surface area contributed by atoms with Gasteiger partial charge in [0.2, 0.25) is 11.1 Å². The van der Waals surface area contributed by atoms with Crippen LogP contribution < -0.4 is 20.1 Å². The van der Waals surface area contributed by atoms with Crippen LogP contribution in [0, 0.1) is 6.92 Å². The number of aromatic nitrogens is 3. The van der Waals surface area contributed by atoms with Gasteiger partial charge in [0.15, 0.2) is 11.5 Å². The molecule has 2 N–H and O–H groups in total. The van der Waals surface area contributed by atoms with E-state index in [0.717, 1.165) is 46.3 Å². The Morgan fingerprint density at radius 3 is 2.69 bits per heavy atom. The average molecular weight is 615 g/mol. The first-order chi connectivity index (χ1) is 18.9. The summed E-state index contributed by atoms with van der Waals surface area (Å²) in [5.74, 6) is 2.51. The minimum Gasteiger partial charge on any atom is -0.490 e. The zero-order chi connectivity index (χ0) is 27.9. The number of benzene rings is 2. The number of halogens is 1. The van der Waals surface area contributed by atoms with Crippen LogP contribution in [0.4, 0.5) is 11.6 Å². The molecule has 1 aliphatic heterocycles. The number of aryl methyl sites for hydroxylation is 1. The van der Waals surface area contributed by atoms with Gasteiger partial charge < -0.3 is 20.1 Å². The second-order valence-corrected chi connectivity index (χ2v) is 11.4. The van der Waals surface area contributed by atoms with Gasteiger partial charge in [-0.15, -0.1) is 5.10 Å². The van der Waals surface area contributed by atoms with E-state index in [1.165, 1.54) is 0 Å². The van der Waals surface area contributed by atoms with E-state index in [1.54, 1.807) is 16.4 Å². The third kappa shape index (κ3) is 6.78. The van der Waals surface area contributed by atoms with Crippen molar-refractivity contribution in [3.63, 3.8) is 0 Å². The van der Waals surface area contributed by atoms with E-state index in [-0.39, 0.29) is 5.91 Å². The molecule has 0 radical (unpaired) electrons. The summed E-state index contributed by atoms with van der Waals surface area (Å²) in [4.78, 5) is 18.5. The molecule has 0 fully saturated rings. The van der Waals surface area contributed by atoms with Gasteiger partial charge in [-0.2, -0.15) is 4.98 Å². The van der Waals surface area contributed by atoms with Gasteiger partial charge in [-0.1, -0.05) is 50.6 Å². The Morgan fingerprint density at radius 1 is 1.15 bits per heavy atom. The summed E-state index contributed by atoms with van der Waals surface area (Å²) < 4.78 is 14.7. The molecule has 1 aliphatic rings. The highest BCUT2D eigenvalue weighted by atomic mass is 79.9. The van der Waals surface area contributed by atoms with Crippen molar-refractivity contribution in [2.45, 2.75) is 65.1 Å². The molecule has 8 nitrogen and oxygen atoms in total. The van der Waals surface area contributed by atoms with Crippen molar-refractivity contribution in [2.75, 3.05) is 29.6 Å². The Kier molecular flexibility index (Phi) is 9.96. The fourth-order valence-corrected chi connectivity index (χ4v) is 5.65. The van der Waals surface area contributed by atoms with Crippen LogP contribution in [0.1, 0.15) is 64.1 Å². The van der Waals surface area contributed by atoms with Crippen LogP contribution in [0.2, 0.25) is 0 Å². The molecule has 0 spiro atoms. The summed E-state index contributed by atoms with van der Waals surface area (Å²) in [6.07, 6.45) is 3.19. The first-order valence-corrected chi connectivity index (χ1v) is 15.2. The molecule has 0 saturated carbocycles. The molecular formula is C29H36BrN5O3S. The van der Waals surface area contributed by atoms with E-state index in [2.05, 4.69) is 45.4 Å². The lowest BCUT2D eigenvalue weighted by Crippen LogP contribution is -2.31. The van der Waals surface area contributed by atoms with Crippen LogP contribution in [-0.4, -0.2) is 39.6 Å². The van der Waals surface area contributed by atoms with Crippen LogP contribution >= 0.6 is 27.7 Å². The lowest BCUT2D eigenvalue weighted by atomic mass is 9.94. The van der Waals surface area contributed by atoms with Crippen LogP contribution in [0.25, 0.3) is 0 Å². The number of anilines is 2. The summed E-state index contributed by atoms with van der Waals surface area (Å²) in [7, 11) is 0. The number of hydrogen-bond donors (Lipinski definition) is 2. The van der Waals surface area contributed by atoms with E-state index in [4.69, 9.17) is 14.6 Å². The van der Waals surface area contributed by atoms with Gasteiger partial charge in [-0.05, 0) is 84.3 Å². The third-order valence-electron chi connectivity index (χ3n) is 6.27. The molecule has 10 heteroatoms. The number of nitrogens with zero attached hydrogens (tertiary/aromatic N) is 3. The average Bonchev–Trinajstić information content (AvgIpc) is 3.29. The molecule has 0 saturated heterocycles. The van der Waals surface area contributed by atoms with Gasteiger partial charge >= 0.3 is 0 Å². The molecule has 1 atom stereocenters. The van der Waals surface area contributed by atoms with Gasteiger partial charge in [0.25, 0.3) is 5.91 Å². The standard InChI is InChI=1S/C29H36BrN5O3S/c1-6-9-10-14-38-26-22(30)16-20(17-23(26)37-7-2)25-24(27(36)32-21-13-11-12-18(4)15-21)19(5)31-28-33-29(39-8-3)34-35(25)28/h11-13,15-17,25H,6-10,14H2,1-5H3,(H,32,36)(H,31,33,34). The smallest absolute Gasteiger partial charge is 0.255 e.